The van der Waals surface area contributed by atoms with Crippen molar-refractivity contribution in [1.29, 1.82) is 0 Å². The minimum absolute atomic E-state index is 0.115. The van der Waals surface area contributed by atoms with Gasteiger partial charge in [0.05, 0.1) is 11.8 Å². The maximum absolute atomic E-state index is 11.7. The van der Waals surface area contributed by atoms with E-state index in [0.717, 1.165) is 11.3 Å². The summed E-state index contributed by atoms with van der Waals surface area (Å²) in [6.07, 6.45) is 1.26. The highest BCUT2D eigenvalue weighted by atomic mass is 32.1. The zero-order valence-electron chi connectivity index (χ0n) is 8.45. The fourth-order valence-electron chi connectivity index (χ4n) is 1.20. The Balaban J connectivity index is 2.17. The lowest BCUT2D eigenvalue weighted by molar-refractivity contribution is 0.102. The number of carbonyl (C=O) groups is 1. The number of nitrogens with one attached hydrogen (secondary N) is 1. The Morgan fingerprint density at radius 3 is 2.82 bits per heavy atom. The minimum atomic E-state index is -0.491. The van der Waals surface area contributed by atoms with Gasteiger partial charge in [0.15, 0.2) is 10.1 Å². The van der Waals surface area contributed by atoms with E-state index in [1.807, 2.05) is 0 Å². The van der Waals surface area contributed by atoms with Gasteiger partial charge in [-0.1, -0.05) is 23.5 Å². The fraction of sp³-hybridized carbons (Fsp3) is 0. The number of amides is 1. The number of anilines is 1. The van der Waals surface area contributed by atoms with Gasteiger partial charge < -0.3 is 5.11 Å². The minimum Gasteiger partial charge on any atom is -0.507 e. The van der Waals surface area contributed by atoms with Gasteiger partial charge in [-0.3, -0.25) is 10.1 Å². The van der Waals surface area contributed by atoms with Crippen molar-refractivity contribution < 1.29 is 9.90 Å². The number of aromatic nitrogens is 1. The molecule has 7 heteroatoms. The first kappa shape index (κ1) is 11.2. The average molecular weight is 249 g/mol. The molecule has 0 spiro atoms. The molecule has 0 aliphatic rings. The molecule has 17 heavy (non-hydrogen) atoms. The number of phenolic OH excluding ortho intramolecular Hbond substituents is 1. The van der Waals surface area contributed by atoms with Gasteiger partial charge in [-0.2, -0.15) is 0 Å². The molecule has 0 fully saturated rings. The molecule has 0 aliphatic carbocycles. The number of carbonyl (C=O) groups excluding carboxylic acids is 1. The zero-order chi connectivity index (χ0) is 12.3. The second-order valence-electron chi connectivity index (χ2n) is 3.07. The summed E-state index contributed by atoms with van der Waals surface area (Å²) in [5.41, 5.74) is 0.142. The van der Waals surface area contributed by atoms with E-state index in [0.29, 0.717) is 0 Å². The Morgan fingerprint density at radius 2 is 2.18 bits per heavy atom. The Labute approximate surface area is 99.9 Å². The molecule has 0 aliphatic heterocycles. The zero-order valence-corrected chi connectivity index (χ0v) is 9.27. The first-order valence-electron chi connectivity index (χ1n) is 4.59. The highest BCUT2D eigenvalue weighted by molar-refractivity contribution is 7.19. The Hall–Kier alpha value is -2.28. The van der Waals surface area contributed by atoms with Crippen LogP contribution in [0.1, 0.15) is 10.4 Å². The summed E-state index contributed by atoms with van der Waals surface area (Å²) >= 11 is 0.958. The topological polar surface area (TPSA) is 91.7 Å². The smallest absolute Gasteiger partial charge is 0.261 e. The van der Waals surface area contributed by atoms with Crippen molar-refractivity contribution in [2.24, 2.45) is 5.18 Å². The molecule has 2 rings (SSSR count). The van der Waals surface area contributed by atoms with Gasteiger partial charge in [0, 0.05) is 0 Å². The van der Waals surface area contributed by atoms with Crippen LogP contribution < -0.4 is 5.32 Å². The van der Waals surface area contributed by atoms with E-state index in [1.54, 1.807) is 12.1 Å². The average Bonchev–Trinajstić information content (AvgIpc) is 2.77. The van der Waals surface area contributed by atoms with Crippen molar-refractivity contribution in [3.8, 4) is 5.75 Å². The van der Waals surface area contributed by atoms with E-state index >= 15 is 0 Å². The number of hydrogen-bond donors (Lipinski definition) is 2. The lowest BCUT2D eigenvalue weighted by Gasteiger charge is -2.02. The lowest BCUT2D eigenvalue weighted by atomic mass is 10.2. The van der Waals surface area contributed by atoms with E-state index in [-0.39, 0.29) is 21.4 Å². The number of rotatable bonds is 3. The summed E-state index contributed by atoms with van der Waals surface area (Å²) in [5, 5.41) is 15.1. The molecular weight excluding hydrogens is 242 g/mol. The van der Waals surface area contributed by atoms with Crippen LogP contribution in [0.2, 0.25) is 0 Å². The number of hydrogen-bond acceptors (Lipinski definition) is 6. The van der Waals surface area contributed by atoms with Crippen LogP contribution >= 0.6 is 11.3 Å². The summed E-state index contributed by atoms with van der Waals surface area (Å²) in [6, 6.07) is 6.14. The predicted molar refractivity (Wildman–Crippen MR) is 63.6 cm³/mol. The molecule has 0 atom stereocenters. The number of benzene rings is 1. The van der Waals surface area contributed by atoms with Crippen molar-refractivity contribution in [3.05, 3.63) is 40.9 Å². The van der Waals surface area contributed by atoms with E-state index < -0.39 is 5.91 Å². The summed E-state index contributed by atoms with van der Waals surface area (Å²) in [7, 11) is 0. The molecule has 0 saturated carbocycles. The molecular formula is C10H7N3O3S. The van der Waals surface area contributed by atoms with Gasteiger partial charge in [-0.15, -0.1) is 4.91 Å². The Bertz CT molecular complexity index is 567. The monoisotopic (exact) mass is 249 g/mol. The third kappa shape index (κ3) is 2.45. The maximum atomic E-state index is 11.7. The standard InChI is InChI=1S/C10H7N3O3S/c14-7-4-2-1-3-6(7)9(15)12-10-11-5-8(13-16)17-10/h1-5,14H,(H,11,12,15). The van der Waals surface area contributed by atoms with Gasteiger partial charge in [-0.05, 0) is 17.3 Å². The summed E-state index contributed by atoms with van der Waals surface area (Å²) in [4.78, 5) is 25.7. The van der Waals surface area contributed by atoms with E-state index in [9.17, 15) is 14.8 Å². The molecule has 2 N–H and O–H groups in total. The van der Waals surface area contributed by atoms with Gasteiger partial charge in [-0.25, -0.2) is 4.98 Å². The number of nitroso groups, excluding NO2 is 1. The first-order chi connectivity index (χ1) is 8.20. The highest BCUT2D eigenvalue weighted by Gasteiger charge is 2.12. The van der Waals surface area contributed by atoms with Crippen LogP contribution in [0.5, 0.6) is 5.75 Å². The highest BCUT2D eigenvalue weighted by Crippen LogP contribution is 2.26. The van der Waals surface area contributed by atoms with E-state index in [2.05, 4.69) is 15.5 Å². The van der Waals surface area contributed by atoms with Crippen LogP contribution in [-0.4, -0.2) is 16.0 Å². The van der Waals surface area contributed by atoms with Crippen LogP contribution in [-0.2, 0) is 0 Å². The van der Waals surface area contributed by atoms with Crippen LogP contribution in [0.4, 0.5) is 10.1 Å². The van der Waals surface area contributed by atoms with Crippen molar-refractivity contribution in [1.82, 2.24) is 4.98 Å². The summed E-state index contributed by atoms with van der Waals surface area (Å²) in [6.45, 7) is 0. The molecule has 0 unspecified atom stereocenters. The van der Waals surface area contributed by atoms with Crippen molar-refractivity contribution in [2.75, 3.05) is 5.32 Å². The van der Waals surface area contributed by atoms with Crippen LogP contribution in [0.25, 0.3) is 0 Å². The van der Waals surface area contributed by atoms with Crippen LogP contribution in [0, 0.1) is 4.91 Å². The van der Waals surface area contributed by atoms with Gasteiger partial charge in [0.1, 0.15) is 5.75 Å². The molecule has 0 radical (unpaired) electrons. The molecule has 1 aromatic carbocycles. The number of aromatic hydroxyl groups is 1. The third-order valence-electron chi connectivity index (χ3n) is 1.95. The van der Waals surface area contributed by atoms with Crippen molar-refractivity contribution in [3.63, 3.8) is 0 Å². The molecule has 2 aromatic rings. The number of nitrogens with zero attached hydrogens (tertiary/aromatic N) is 2. The van der Waals surface area contributed by atoms with Gasteiger partial charge in [0.2, 0.25) is 0 Å². The first-order valence-corrected chi connectivity index (χ1v) is 5.41. The summed E-state index contributed by atoms with van der Waals surface area (Å²) in [5.74, 6) is -0.606. The molecule has 1 aromatic heterocycles. The SMILES string of the molecule is O=Nc1cnc(NC(=O)c2ccccc2O)s1. The third-order valence-corrected chi connectivity index (χ3v) is 2.74. The number of para-hydroxylation sites is 1. The quantitative estimate of drug-likeness (QED) is 0.817. The second kappa shape index (κ2) is 4.71. The van der Waals surface area contributed by atoms with Gasteiger partial charge >= 0.3 is 0 Å². The molecule has 1 amide bonds. The van der Waals surface area contributed by atoms with Gasteiger partial charge in [0.25, 0.3) is 5.91 Å². The Morgan fingerprint density at radius 1 is 1.41 bits per heavy atom. The normalized spacial score (nSPS) is 9.88. The van der Waals surface area contributed by atoms with Crippen LogP contribution in [0.3, 0.4) is 0 Å². The largest absolute Gasteiger partial charge is 0.507 e. The maximum Gasteiger partial charge on any atom is 0.261 e. The van der Waals surface area contributed by atoms with E-state index in [1.165, 1.54) is 18.3 Å². The van der Waals surface area contributed by atoms with Crippen molar-refractivity contribution >= 4 is 27.4 Å². The fourth-order valence-corrected chi connectivity index (χ4v) is 1.79. The molecule has 0 bridgehead atoms. The van der Waals surface area contributed by atoms with Crippen molar-refractivity contribution in [2.45, 2.75) is 0 Å². The summed E-state index contributed by atoms with van der Waals surface area (Å²) < 4.78 is 0. The number of thiazole rings is 1. The molecule has 0 saturated heterocycles. The lowest BCUT2D eigenvalue weighted by Crippen LogP contribution is -2.11. The van der Waals surface area contributed by atoms with E-state index in [4.69, 9.17) is 0 Å². The molecule has 86 valence electrons. The van der Waals surface area contributed by atoms with Crippen LogP contribution in [0.15, 0.2) is 35.6 Å². The molecule has 6 nitrogen and oxygen atoms in total. The predicted octanol–water partition coefficient (Wildman–Crippen LogP) is 2.50. The Kier molecular flexibility index (Phi) is 3.10. The number of phenols is 1. The second-order valence-corrected chi connectivity index (χ2v) is 4.08. The molecule has 1 heterocycles.